The van der Waals surface area contributed by atoms with Crippen molar-refractivity contribution in [3.63, 3.8) is 0 Å². The summed E-state index contributed by atoms with van der Waals surface area (Å²) in [5.41, 5.74) is 2.32. The largest absolute Gasteiger partial charge is 0.471 e. The summed E-state index contributed by atoms with van der Waals surface area (Å²) in [6.07, 6.45) is 7.28. The van der Waals surface area contributed by atoms with Crippen LogP contribution in [-0.2, 0) is 4.74 Å². The van der Waals surface area contributed by atoms with Crippen molar-refractivity contribution in [2.45, 2.75) is 45.4 Å². The van der Waals surface area contributed by atoms with Gasteiger partial charge in [-0.2, -0.15) is 0 Å². The van der Waals surface area contributed by atoms with Gasteiger partial charge in [0.1, 0.15) is 5.69 Å². The third-order valence-corrected chi connectivity index (χ3v) is 4.18. The number of anilines is 1. The molecule has 0 saturated carbocycles. The van der Waals surface area contributed by atoms with Crippen LogP contribution in [0.2, 0.25) is 5.15 Å². The van der Waals surface area contributed by atoms with Crippen molar-refractivity contribution in [2.24, 2.45) is 0 Å². The quantitative estimate of drug-likeness (QED) is 0.437. The molecule has 0 fully saturated rings. The van der Waals surface area contributed by atoms with E-state index in [1.165, 1.54) is 32.1 Å². The summed E-state index contributed by atoms with van der Waals surface area (Å²) >= 11 is 11.3. The van der Waals surface area contributed by atoms with Crippen molar-refractivity contribution in [3.8, 4) is 11.3 Å². The number of hydrogen-bond donors (Lipinski definition) is 1. The molecule has 0 aliphatic heterocycles. The number of halogens is 1. The number of unbranched alkanes of at least 4 members (excludes halogenated alkanes) is 5. The highest BCUT2D eigenvalue weighted by atomic mass is 35.5. The van der Waals surface area contributed by atoms with Crippen LogP contribution in [0, 0.1) is 0 Å². The Morgan fingerprint density at radius 1 is 1.08 bits per heavy atom. The fraction of sp³-hybridized carbons (Fsp3) is 0.421. The molecule has 0 amide bonds. The maximum Gasteiger partial charge on any atom is 0.261 e. The molecule has 1 aromatic carbocycles. The number of thiocarbonyl (C=S) groups is 1. The smallest absolute Gasteiger partial charge is 0.261 e. The number of nitrogens with one attached hydrogen (secondary N) is 1. The van der Waals surface area contributed by atoms with Crippen LogP contribution in [0.3, 0.4) is 0 Å². The number of rotatable bonds is 9. The predicted octanol–water partition coefficient (Wildman–Crippen LogP) is 5.87. The zero-order chi connectivity index (χ0) is 17.9. The van der Waals surface area contributed by atoms with Gasteiger partial charge in [-0.1, -0.05) is 81.0 Å². The van der Waals surface area contributed by atoms with Crippen LogP contribution in [0.4, 0.5) is 5.69 Å². The van der Waals surface area contributed by atoms with Gasteiger partial charge >= 0.3 is 0 Å². The lowest BCUT2D eigenvalue weighted by Crippen LogP contribution is -2.15. The topological polar surface area (TPSA) is 47.0 Å². The Labute approximate surface area is 160 Å². The van der Waals surface area contributed by atoms with Gasteiger partial charge < -0.3 is 10.1 Å². The molecule has 6 heteroatoms. The highest BCUT2D eigenvalue weighted by Crippen LogP contribution is 2.26. The van der Waals surface area contributed by atoms with Gasteiger partial charge in [-0.05, 0) is 18.6 Å². The van der Waals surface area contributed by atoms with E-state index in [9.17, 15) is 0 Å². The second kappa shape index (κ2) is 11.0. The third-order valence-electron chi connectivity index (χ3n) is 3.78. The van der Waals surface area contributed by atoms with E-state index in [0.717, 1.165) is 12.0 Å². The molecule has 1 N–H and O–H groups in total. The van der Waals surface area contributed by atoms with E-state index in [-0.39, 0.29) is 0 Å². The molecule has 1 heterocycles. The van der Waals surface area contributed by atoms with Gasteiger partial charge in [0.2, 0.25) is 0 Å². The summed E-state index contributed by atoms with van der Waals surface area (Å²) in [6, 6.07) is 11.5. The van der Waals surface area contributed by atoms with E-state index < -0.39 is 0 Å². The standard InChI is InChI=1S/C19H24ClN3OS/c1-2-3-4-5-6-10-13-24-19(25)21-16-14-17(20)22-23-18(16)15-11-8-7-9-12-15/h7-9,11-12,14H,2-6,10,13H2,1H3,(H,21,22,25). The maximum atomic E-state index is 5.98. The SMILES string of the molecule is CCCCCCCCOC(=S)Nc1cc(Cl)nnc1-c1ccccc1. The highest BCUT2D eigenvalue weighted by Gasteiger charge is 2.11. The molecule has 0 aliphatic rings. The van der Waals surface area contributed by atoms with E-state index in [2.05, 4.69) is 22.4 Å². The first-order valence-electron chi connectivity index (χ1n) is 8.73. The average Bonchev–Trinajstić information content (AvgIpc) is 2.62. The summed E-state index contributed by atoms with van der Waals surface area (Å²) in [6.45, 7) is 2.84. The van der Waals surface area contributed by atoms with Crippen molar-refractivity contribution < 1.29 is 4.74 Å². The lowest BCUT2D eigenvalue weighted by Gasteiger charge is -2.13. The molecular formula is C19H24ClN3OS. The van der Waals surface area contributed by atoms with Crippen LogP contribution >= 0.6 is 23.8 Å². The van der Waals surface area contributed by atoms with Crippen LogP contribution in [0.15, 0.2) is 36.4 Å². The molecule has 0 saturated heterocycles. The normalized spacial score (nSPS) is 10.5. The average molecular weight is 378 g/mol. The Kier molecular flexibility index (Phi) is 8.63. The predicted molar refractivity (Wildman–Crippen MR) is 108 cm³/mol. The first-order chi connectivity index (χ1) is 12.2. The minimum Gasteiger partial charge on any atom is -0.471 e. The Morgan fingerprint density at radius 3 is 2.56 bits per heavy atom. The van der Waals surface area contributed by atoms with Gasteiger partial charge in [-0.25, -0.2) is 0 Å². The Hall–Kier alpha value is -1.72. The molecule has 2 rings (SSSR count). The van der Waals surface area contributed by atoms with Crippen molar-refractivity contribution in [2.75, 3.05) is 11.9 Å². The van der Waals surface area contributed by atoms with E-state index >= 15 is 0 Å². The van der Waals surface area contributed by atoms with Crippen molar-refractivity contribution in [1.82, 2.24) is 10.2 Å². The van der Waals surface area contributed by atoms with Gasteiger partial charge in [0.05, 0.1) is 12.3 Å². The molecular weight excluding hydrogens is 354 g/mol. The zero-order valence-electron chi connectivity index (χ0n) is 14.5. The summed E-state index contributed by atoms with van der Waals surface area (Å²) < 4.78 is 5.61. The van der Waals surface area contributed by atoms with Crippen LogP contribution in [0.25, 0.3) is 11.3 Å². The lowest BCUT2D eigenvalue weighted by atomic mass is 10.1. The third kappa shape index (κ3) is 6.96. The molecule has 25 heavy (non-hydrogen) atoms. The number of hydrogen-bond acceptors (Lipinski definition) is 4. The summed E-state index contributed by atoms with van der Waals surface area (Å²) in [4.78, 5) is 0. The highest BCUT2D eigenvalue weighted by molar-refractivity contribution is 7.80. The molecule has 0 spiro atoms. The first kappa shape index (κ1) is 19.6. The van der Waals surface area contributed by atoms with Crippen LogP contribution < -0.4 is 5.32 Å². The minimum absolute atomic E-state index is 0.306. The molecule has 0 bridgehead atoms. The zero-order valence-corrected chi connectivity index (χ0v) is 16.1. The molecule has 4 nitrogen and oxygen atoms in total. The van der Waals surface area contributed by atoms with E-state index in [1.807, 2.05) is 30.3 Å². The Bertz CT molecular complexity index is 667. The van der Waals surface area contributed by atoms with Gasteiger partial charge in [-0.3, -0.25) is 0 Å². The first-order valence-corrected chi connectivity index (χ1v) is 9.51. The fourth-order valence-corrected chi connectivity index (χ4v) is 2.81. The number of nitrogens with zero attached hydrogens (tertiary/aromatic N) is 2. The van der Waals surface area contributed by atoms with Crippen molar-refractivity contribution in [3.05, 3.63) is 41.6 Å². The number of aromatic nitrogens is 2. The Morgan fingerprint density at radius 2 is 1.80 bits per heavy atom. The van der Waals surface area contributed by atoms with Crippen molar-refractivity contribution in [1.29, 1.82) is 0 Å². The maximum absolute atomic E-state index is 5.98. The summed E-state index contributed by atoms with van der Waals surface area (Å²) in [5.74, 6) is 0. The monoisotopic (exact) mass is 377 g/mol. The number of ether oxygens (including phenoxy) is 1. The molecule has 1 aromatic heterocycles. The summed E-state index contributed by atoms with van der Waals surface area (Å²) in [5, 5.41) is 11.8. The van der Waals surface area contributed by atoms with Crippen LogP contribution in [-0.4, -0.2) is 22.0 Å². The lowest BCUT2D eigenvalue weighted by molar-refractivity contribution is 0.299. The van der Waals surface area contributed by atoms with E-state index in [1.54, 1.807) is 6.07 Å². The second-order valence-corrected chi connectivity index (χ2v) is 6.58. The van der Waals surface area contributed by atoms with Gasteiger partial charge in [0.25, 0.3) is 5.17 Å². The van der Waals surface area contributed by atoms with Gasteiger partial charge in [-0.15, -0.1) is 10.2 Å². The molecule has 0 atom stereocenters. The van der Waals surface area contributed by atoms with Gasteiger partial charge in [0.15, 0.2) is 5.15 Å². The second-order valence-electron chi connectivity index (χ2n) is 5.82. The van der Waals surface area contributed by atoms with Crippen LogP contribution in [0.1, 0.15) is 45.4 Å². The summed E-state index contributed by atoms with van der Waals surface area (Å²) in [7, 11) is 0. The molecule has 0 radical (unpaired) electrons. The molecule has 0 unspecified atom stereocenters. The van der Waals surface area contributed by atoms with E-state index in [0.29, 0.717) is 28.3 Å². The van der Waals surface area contributed by atoms with Crippen molar-refractivity contribution >= 4 is 34.7 Å². The molecule has 2 aromatic rings. The van der Waals surface area contributed by atoms with Crippen LogP contribution in [0.5, 0.6) is 0 Å². The van der Waals surface area contributed by atoms with E-state index in [4.69, 9.17) is 28.6 Å². The Balaban J connectivity index is 1.87. The number of benzene rings is 1. The molecule has 134 valence electrons. The fourth-order valence-electron chi connectivity index (χ4n) is 2.47. The molecule has 0 aliphatic carbocycles. The minimum atomic E-state index is 0.306. The van der Waals surface area contributed by atoms with Gasteiger partial charge in [0, 0.05) is 11.6 Å².